The molecule has 0 radical (unpaired) electrons. The van der Waals surface area contributed by atoms with Gasteiger partial charge in [0.25, 0.3) is 0 Å². The van der Waals surface area contributed by atoms with Crippen molar-refractivity contribution in [1.29, 1.82) is 0 Å². The van der Waals surface area contributed by atoms with Gasteiger partial charge in [0.1, 0.15) is 17.7 Å². The van der Waals surface area contributed by atoms with Crippen LogP contribution in [0.5, 0.6) is 0 Å². The Hall–Kier alpha value is -2.84. The molecular weight excluding hydrogens is 533 g/mol. The van der Waals surface area contributed by atoms with Crippen molar-refractivity contribution in [3.8, 4) is 0 Å². The highest BCUT2D eigenvalue weighted by molar-refractivity contribution is 6.42. The van der Waals surface area contributed by atoms with E-state index in [1.54, 1.807) is 0 Å². The van der Waals surface area contributed by atoms with E-state index < -0.39 is 29.7 Å². The van der Waals surface area contributed by atoms with Gasteiger partial charge in [-0.2, -0.15) is 0 Å². The lowest BCUT2D eigenvalue weighted by atomic mass is 10.0. The van der Waals surface area contributed by atoms with Gasteiger partial charge >= 0.3 is 5.97 Å². The van der Waals surface area contributed by atoms with Gasteiger partial charge in [0.15, 0.2) is 5.78 Å². The lowest BCUT2D eigenvalue weighted by Gasteiger charge is -2.25. The van der Waals surface area contributed by atoms with Crippen molar-refractivity contribution in [3.63, 3.8) is 0 Å². The minimum atomic E-state index is -0.803. The first-order chi connectivity index (χ1) is 18.1. The summed E-state index contributed by atoms with van der Waals surface area (Å²) < 4.78 is 33.0. The monoisotopic (exact) mass is 562 g/mol. The first-order valence-electron chi connectivity index (χ1n) is 12.3. The van der Waals surface area contributed by atoms with Gasteiger partial charge in [0.05, 0.1) is 16.5 Å². The number of esters is 1. The molecule has 3 aromatic rings. The van der Waals surface area contributed by atoms with Crippen LogP contribution in [0.1, 0.15) is 46.8 Å². The molecule has 0 aliphatic rings. The number of hydrogen-bond donors (Lipinski definition) is 2. The molecule has 5 nitrogen and oxygen atoms in total. The second kappa shape index (κ2) is 14.4. The molecule has 0 aliphatic heterocycles. The standard InChI is InChI=1S/C29H30Cl2F2N2O3/c1-2-18-4-3-5-19(10-18)16-35-17-28(26(34)13-20-11-22(32)15-23(33)12-20)38-29(37)9-8-27(36)21-6-7-24(30)25(31)14-21/h3-7,10-12,14-15,26,28,35H,2,8-9,13,16-17,34H2,1H3. The third kappa shape index (κ3) is 9.17. The number of ketones is 1. The Morgan fingerprint density at radius 1 is 0.921 bits per heavy atom. The molecule has 0 heterocycles. The lowest BCUT2D eigenvalue weighted by molar-refractivity contribution is -0.149. The number of halogens is 4. The highest BCUT2D eigenvalue weighted by Gasteiger charge is 2.23. The van der Waals surface area contributed by atoms with E-state index in [-0.39, 0.29) is 36.6 Å². The quantitative estimate of drug-likeness (QED) is 0.195. The molecular formula is C29H30Cl2F2N2O3. The van der Waals surface area contributed by atoms with Crippen LogP contribution in [0, 0.1) is 11.6 Å². The number of aryl methyl sites for hydroxylation is 1. The van der Waals surface area contributed by atoms with E-state index in [2.05, 4.69) is 18.3 Å². The number of Topliss-reactive ketones (excluding diaryl/α,β-unsaturated/α-hetero) is 1. The van der Waals surface area contributed by atoms with Crippen LogP contribution < -0.4 is 11.1 Å². The van der Waals surface area contributed by atoms with E-state index in [4.69, 9.17) is 33.7 Å². The summed E-state index contributed by atoms with van der Waals surface area (Å²) >= 11 is 11.9. The summed E-state index contributed by atoms with van der Waals surface area (Å²) in [5, 5.41) is 3.82. The number of rotatable bonds is 13. The molecule has 202 valence electrons. The molecule has 0 aliphatic carbocycles. The third-order valence-electron chi connectivity index (χ3n) is 6.03. The zero-order valence-corrected chi connectivity index (χ0v) is 22.5. The third-order valence-corrected chi connectivity index (χ3v) is 6.77. The van der Waals surface area contributed by atoms with E-state index >= 15 is 0 Å². The Morgan fingerprint density at radius 3 is 2.32 bits per heavy atom. The number of ether oxygens (including phenoxy) is 1. The second-order valence-electron chi connectivity index (χ2n) is 9.03. The van der Waals surface area contributed by atoms with Crippen molar-refractivity contribution in [2.24, 2.45) is 5.73 Å². The predicted octanol–water partition coefficient (Wildman–Crippen LogP) is 6.07. The van der Waals surface area contributed by atoms with Gasteiger partial charge in [-0.15, -0.1) is 0 Å². The summed E-state index contributed by atoms with van der Waals surface area (Å²) in [5.41, 5.74) is 9.29. The average Bonchev–Trinajstić information content (AvgIpc) is 2.87. The maximum Gasteiger partial charge on any atom is 0.306 e. The van der Waals surface area contributed by atoms with Gasteiger partial charge in [-0.1, -0.05) is 54.4 Å². The topological polar surface area (TPSA) is 81.4 Å². The fourth-order valence-electron chi connectivity index (χ4n) is 3.99. The predicted molar refractivity (Wildman–Crippen MR) is 145 cm³/mol. The Morgan fingerprint density at radius 2 is 1.63 bits per heavy atom. The molecule has 2 atom stereocenters. The van der Waals surface area contributed by atoms with Gasteiger partial charge in [-0.05, 0) is 59.9 Å². The molecule has 38 heavy (non-hydrogen) atoms. The lowest BCUT2D eigenvalue weighted by Crippen LogP contribution is -2.46. The van der Waals surface area contributed by atoms with E-state index in [0.717, 1.165) is 18.1 Å². The molecule has 0 amide bonds. The highest BCUT2D eigenvalue weighted by atomic mass is 35.5. The summed E-state index contributed by atoms with van der Waals surface area (Å²) in [5.74, 6) is -2.32. The normalized spacial score (nSPS) is 12.7. The smallest absolute Gasteiger partial charge is 0.306 e. The van der Waals surface area contributed by atoms with Gasteiger partial charge in [0.2, 0.25) is 0 Å². The number of carbonyl (C=O) groups excluding carboxylic acids is 2. The number of carbonyl (C=O) groups is 2. The number of nitrogens with two attached hydrogens (primary N) is 1. The fourth-order valence-corrected chi connectivity index (χ4v) is 4.29. The Kier molecular flexibility index (Phi) is 11.2. The number of nitrogens with one attached hydrogen (secondary N) is 1. The van der Waals surface area contributed by atoms with Crippen LogP contribution in [0.4, 0.5) is 8.78 Å². The van der Waals surface area contributed by atoms with E-state index in [1.165, 1.54) is 35.9 Å². The molecule has 0 aromatic heterocycles. The van der Waals surface area contributed by atoms with Gasteiger partial charge < -0.3 is 15.8 Å². The largest absolute Gasteiger partial charge is 0.459 e. The number of hydrogen-bond acceptors (Lipinski definition) is 5. The Bertz CT molecular complexity index is 1250. The molecule has 2 unspecified atom stereocenters. The Balaban J connectivity index is 1.63. The maximum absolute atomic E-state index is 13.7. The van der Waals surface area contributed by atoms with E-state index in [9.17, 15) is 18.4 Å². The summed E-state index contributed by atoms with van der Waals surface area (Å²) in [6, 6.07) is 15.0. The van der Waals surface area contributed by atoms with Gasteiger partial charge in [0, 0.05) is 37.2 Å². The molecule has 0 fully saturated rings. The van der Waals surface area contributed by atoms with E-state index in [1.807, 2.05) is 18.2 Å². The summed E-state index contributed by atoms with van der Waals surface area (Å²) in [6.45, 7) is 2.80. The van der Waals surface area contributed by atoms with Crippen LogP contribution in [0.15, 0.2) is 60.7 Å². The van der Waals surface area contributed by atoms with Crippen LogP contribution in [-0.4, -0.2) is 30.4 Å². The maximum atomic E-state index is 13.7. The molecule has 3 N–H and O–H groups in total. The van der Waals surface area contributed by atoms with Crippen LogP contribution >= 0.6 is 23.2 Å². The van der Waals surface area contributed by atoms with Crippen LogP contribution in [0.2, 0.25) is 10.0 Å². The molecule has 9 heteroatoms. The summed E-state index contributed by atoms with van der Waals surface area (Å²) in [4.78, 5) is 25.2. The molecule has 0 saturated carbocycles. The molecule has 3 aromatic carbocycles. The van der Waals surface area contributed by atoms with Crippen molar-refractivity contribution < 1.29 is 23.1 Å². The first-order valence-corrected chi connectivity index (χ1v) is 13.1. The molecule has 0 saturated heterocycles. The van der Waals surface area contributed by atoms with Gasteiger partial charge in [-0.25, -0.2) is 8.78 Å². The van der Waals surface area contributed by atoms with Gasteiger partial charge in [-0.3, -0.25) is 9.59 Å². The minimum absolute atomic E-state index is 0.0851. The minimum Gasteiger partial charge on any atom is -0.459 e. The van der Waals surface area contributed by atoms with Crippen molar-refractivity contribution in [2.45, 2.75) is 51.3 Å². The fraction of sp³-hybridized carbons (Fsp3) is 0.310. The van der Waals surface area contributed by atoms with Crippen molar-refractivity contribution in [1.82, 2.24) is 5.32 Å². The van der Waals surface area contributed by atoms with Crippen LogP contribution in [-0.2, 0) is 28.9 Å². The van der Waals surface area contributed by atoms with Crippen molar-refractivity contribution >= 4 is 35.0 Å². The summed E-state index contributed by atoms with van der Waals surface area (Å²) in [7, 11) is 0. The average molecular weight is 563 g/mol. The van der Waals surface area contributed by atoms with Crippen molar-refractivity contribution in [3.05, 3.63) is 105 Å². The summed E-state index contributed by atoms with van der Waals surface area (Å²) in [6.07, 6.45) is -0.0739. The zero-order valence-electron chi connectivity index (χ0n) is 21.0. The molecule has 0 spiro atoms. The van der Waals surface area contributed by atoms with E-state index in [0.29, 0.717) is 22.7 Å². The molecule has 0 bridgehead atoms. The SMILES string of the molecule is CCc1cccc(CNCC(OC(=O)CCC(=O)c2ccc(Cl)c(Cl)c2)C(N)Cc2cc(F)cc(F)c2)c1. The second-order valence-corrected chi connectivity index (χ2v) is 9.84. The zero-order chi connectivity index (χ0) is 27.7. The molecule has 3 rings (SSSR count). The Labute approximate surface area is 231 Å². The highest BCUT2D eigenvalue weighted by Crippen LogP contribution is 2.23. The van der Waals surface area contributed by atoms with Crippen LogP contribution in [0.3, 0.4) is 0 Å². The number of benzene rings is 3. The van der Waals surface area contributed by atoms with Crippen molar-refractivity contribution in [2.75, 3.05) is 6.54 Å². The first kappa shape index (κ1) is 29.7. The van der Waals surface area contributed by atoms with Crippen LogP contribution in [0.25, 0.3) is 0 Å².